The monoisotopic (exact) mass is 374 g/mol. The molecule has 0 fully saturated rings. The molecule has 1 aliphatic heterocycles. The molecule has 0 saturated carbocycles. The zero-order chi connectivity index (χ0) is 20.0. The third-order valence-electron chi connectivity index (χ3n) is 5.47. The molecule has 6 nitrogen and oxygen atoms in total. The molecule has 0 radical (unpaired) electrons. The van der Waals surface area contributed by atoms with Gasteiger partial charge in [-0.15, -0.1) is 0 Å². The smallest absolute Gasteiger partial charge is 0.253 e. The van der Waals surface area contributed by atoms with Gasteiger partial charge in [0.15, 0.2) is 0 Å². The lowest BCUT2D eigenvalue weighted by molar-refractivity contribution is 0.415. The minimum Gasteiger partial charge on any atom is -0.497 e. The van der Waals surface area contributed by atoms with E-state index in [4.69, 9.17) is 4.74 Å². The minimum atomic E-state index is -0.0164. The van der Waals surface area contributed by atoms with Crippen molar-refractivity contribution in [3.63, 3.8) is 0 Å². The van der Waals surface area contributed by atoms with E-state index in [9.17, 15) is 10.1 Å². The maximum atomic E-state index is 12.5. The van der Waals surface area contributed by atoms with Crippen LogP contribution in [0.2, 0.25) is 0 Å². The molecule has 0 amide bonds. The second kappa shape index (κ2) is 6.61. The first kappa shape index (κ1) is 17.9. The molecular weight excluding hydrogens is 352 g/mol. The fraction of sp³-hybridized carbons (Fsp3) is 0.273. The van der Waals surface area contributed by atoms with Gasteiger partial charge >= 0.3 is 0 Å². The number of aryl methyl sites for hydroxylation is 2. The third kappa shape index (κ3) is 2.67. The van der Waals surface area contributed by atoms with Gasteiger partial charge in [-0.25, -0.2) is 0 Å². The Hall–Kier alpha value is -3.46. The van der Waals surface area contributed by atoms with Crippen LogP contribution in [0.3, 0.4) is 0 Å². The third-order valence-corrected chi connectivity index (χ3v) is 5.47. The molecule has 4 rings (SSSR count). The van der Waals surface area contributed by atoms with Crippen molar-refractivity contribution in [3.8, 4) is 11.8 Å². The highest BCUT2D eigenvalue weighted by molar-refractivity contribution is 5.98. The van der Waals surface area contributed by atoms with Crippen LogP contribution in [0.5, 0.6) is 5.75 Å². The number of anilines is 3. The average Bonchev–Trinajstić information content (AvgIpc) is 2.72. The SMILES string of the molecule is COc1cc(N2CCN(C)c3ccc(C#N)cc32)c2cc(C)c(=O)n(C)c2c1. The average molecular weight is 374 g/mol. The van der Waals surface area contributed by atoms with E-state index in [2.05, 4.69) is 22.9 Å². The Balaban J connectivity index is 2.04. The Morgan fingerprint density at radius 1 is 1.04 bits per heavy atom. The summed E-state index contributed by atoms with van der Waals surface area (Å²) in [5.74, 6) is 0.693. The lowest BCUT2D eigenvalue weighted by atomic mass is 10.0. The van der Waals surface area contributed by atoms with Gasteiger partial charge in [0.2, 0.25) is 0 Å². The topological polar surface area (TPSA) is 61.5 Å². The fourth-order valence-electron chi connectivity index (χ4n) is 3.89. The van der Waals surface area contributed by atoms with Crippen LogP contribution in [0, 0.1) is 18.3 Å². The number of hydrogen-bond acceptors (Lipinski definition) is 5. The predicted molar refractivity (Wildman–Crippen MR) is 112 cm³/mol. The van der Waals surface area contributed by atoms with Gasteiger partial charge in [0, 0.05) is 50.3 Å². The normalized spacial score (nSPS) is 13.4. The van der Waals surface area contributed by atoms with Crippen LogP contribution >= 0.6 is 0 Å². The number of ether oxygens (including phenoxy) is 1. The van der Waals surface area contributed by atoms with Gasteiger partial charge in [0.05, 0.1) is 41.3 Å². The first-order valence-corrected chi connectivity index (χ1v) is 9.16. The van der Waals surface area contributed by atoms with Crippen LogP contribution in [-0.2, 0) is 7.05 Å². The highest BCUT2D eigenvalue weighted by Crippen LogP contribution is 2.41. The number of hydrogen-bond donors (Lipinski definition) is 0. The van der Waals surface area contributed by atoms with E-state index >= 15 is 0 Å². The lowest BCUT2D eigenvalue weighted by Gasteiger charge is -2.37. The first-order valence-electron chi connectivity index (χ1n) is 9.16. The molecular formula is C22H22N4O2. The molecule has 2 heterocycles. The number of benzene rings is 2. The molecule has 1 aliphatic rings. The molecule has 0 unspecified atom stereocenters. The largest absolute Gasteiger partial charge is 0.497 e. The number of rotatable bonds is 2. The van der Waals surface area contributed by atoms with E-state index in [0.717, 1.165) is 41.1 Å². The standard InChI is InChI=1S/C22H22N4O2/c1-14-9-17-19(25(3)22(14)27)11-16(28-4)12-20(17)26-8-7-24(2)18-6-5-15(13-23)10-21(18)26/h5-6,9-12H,7-8H2,1-4H3. The number of fused-ring (bicyclic) bond motifs is 2. The van der Waals surface area contributed by atoms with Crippen LogP contribution in [-0.4, -0.2) is 31.8 Å². The molecule has 3 aromatic rings. The van der Waals surface area contributed by atoms with E-state index in [1.807, 2.05) is 43.3 Å². The summed E-state index contributed by atoms with van der Waals surface area (Å²) >= 11 is 0. The summed E-state index contributed by atoms with van der Waals surface area (Å²) in [5, 5.41) is 10.4. The molecule has 0 atom stereocenters. The van der Waals surface area contributed by atoms with Crippen molar-refractivity contribution in [2.45, 2.75) is 6.92 Å². The number of likely N-dealkylation sites (N-methyl/N-ethyl adjacent to an activating group) is 1. The summed E-state index contributed by atoms with van der Waals surface area (Å²) in [4.78, 5) is 16.9. The van der Waals surface area contributed by atoms with E-state index in [1.165, 1.54) is 0 Å². The second-order valence-corrected chi connectivity index (χ2v) is 7.16. The maximum absolute atomic E-state index is 12.5. The Morgan fingerprint density at radius 3 is 2.54 bits per heavy atom. The summed E-state index contributed by atoms with van der Waals surface area (Å²) in [6.45, 7) is 3.45. The predicted octanol–water partition coefficient (Wildman–Crippen LogP) is 3.32. The summed E-state index contributed by atoms with van der Waals surface area (Å²) in [6, 6.07) is 13.8. The molecule has 1 aromatic heterocycles. The molecule has 0 saturated heterocycles. The quantitative estimate of drug-likeness (QED) is 0.689. The van der Waals surface area contributed by atoms with Gasteiger partial charge < -0.3 is 19.1 Å². The summed E-state index contributed by atoms with van der Waals surface area (Å²) < 4.78 is 7.19. The number of methoxy groups -OCH3 is 1. The van der Waals surface area contributed by atoms with E-state index < -0.39 is 0 Å². The number of pyridine rings is 1. The molecule has 142 valence electrons. The zero-order valence-corrected chi connectivity index (χ0v) is 16.5. The van der Waals surface area contributed by atoms with Crippen molar-refractivity contribution >= 4 is 28.0 Å². The van der Waals surface area contributed by atoms with Crippen molar-refractivity contribution in [2.24, 2.45) is 7.05 Å². The van der Waals surface area contributed by atoms with Crippen LogP contribution in [0.1, 0.15) is 11.1 Å². The van der Waals surface area contributed by atoms with Crippen molar-refractivity contribution in [1.29, 1.82) is 5.26 Å². The van der Waals surface area contributed by atoms with Crippen molar-refractivity contribution in [3.05, 3.63) is 57.9 Å². The Kier molecular flexibility index (Phi) is 4.23. The first-order chi connectivity index (χ1) is 13.4. The fourth-order valence-corrected chi connectivity index (χ4v) is 3.89. The number of nitrogens with zero attached hydrogens (tertiary/aromatic N) is 4. The maximum Gasteiger partial charge on any atom is 0.253 e. The van der Waals surface area contributed by atoms with E-state index in [-0.39, 0.29) is 5.56 Å². The zero-order valence-electron chi connectivity index (χ0n) is 16.5. The van der Waals surface area contributed by atoms with E-state index in [1.54, 1.807) is 18.7 Å². The highest BCUT2D eigenvalue weighted by atomic mass is 16.5. The summed E-state index contributed by atoms with van der Waals surface area (Å²) in [5.41, 5.74) is 5.14. The van der Waals surface area contributed by atoms with Crippen LogP contribution in [0.25, 0.3) is 10.9 Å². The van der Waals surface area contributed by atoms with Gasteiger partial charge in [0.25, 0.3) is 5.56 Å². The molecule has 0 spiro atoms. The highest BCUT2D eigenvalue weighted by Gasteiger charge is 2.24. The number of nitriles is 1. The molecule has 6 heteroatoms. The van der Waals surface area contributed by atoms with Gasteiger partial charge in [-0.05, 0) is 31.2 Å². The Labute approximate surface area is 163 Å². The van der Waals surface area contributed by atoms with Crippen molar-refractivity contribution in [2.75, 3.05) is 37.0 Å². The van der Waals surface area contributed by atoms with Crippen molar-refractivity contribution < 1.29 is 4.74 Å². The Morgan fingerprint density at radius 2 is 1.82 bits per heavy atom. The van der Waals surface area contributed by atoms with Gasteiger partial charge in [-0.1, -0.05) is 0 Å². The molecule has 0 N–H and O–H groups in total. The summed E-state index contributed by atoms with van der Waals surface area (Å²) in [7, 11) is 5.47. The Bertz CT molecular complexity index is 1190. The van der Waals surface area contributed by atoms with Gasteiger partial charge in [-0.3, -0.25) is 4.79 Å². The molecule has 2 aromatic carbocycles. The van der Waals surface area contributed by atoms with Crippen LogP contribution in [0.4, 0.5) is 17.1 Å². The van der Waals surface area contributed by atoms with Crippen LogP contribution < -0.4 is 20.1 Å². The van der Waals surface area contributed by atoms with E-state index in [0.29, 0.717) is 16.9 Å². The number of aromatic nitrogens is 1. The minimum absolute atomic E-state index is 0.0164. The van der Waals surface area contributed by atoms with Crippen LogP contribution in [0.15, 0.2) is 41.2 Å². The van der Waals surface area contributed by atoms with Crippen molar-refractivity contribution in [1.82, 2.24) is 4.57 Å². The summed E-state index contributed by atoms with van der Waals surface area (Å²) in [6.07, 6.45) is 0. The molecule has 0 bridgehead atoms. The van der Waals surface area contributed by atoms with Gasteiger partial charge in [0.1, 0.15) is 5.75 Å². The van der Waals surface area contributed by atoms with Gasteiger partial charge in [-0.2, -0.15) is 5.26 Å². The second-order valence-electron chi connectivity index (χ2n) is 7.16. The lowest BCUT2D eigenvalue weighted by Crippen LogP contribution is -2.36. The molecule has 28 heavy (non-hydrogen) atoms. The molecule has 0 aliphatic carbocycles.